The molecule has 0 amide bonds. The number of carbonyl (C=O) groups is 1. The van der Waals surface area contributed by atoms with Crippen molar-refractivity contribution in [3.8, 4) is 0 Å². The molecule has 7 nitrogen and oxygen atoms in total. The highest BCUT2D eigenvalue weighted by molar-refractivity contribution is 6.13. The van der Waals surface area contributed by atoms with Crippen LogP contribution in [0.15, 0.2) is 60.2 Å². The van der Waals surface area contributed by atoms with E-state index in [-0.39, 0.29) is 21.8 Å². The lowest BCUT2D eigenvalue weighted by molar-refractivity contribution is -0.384. The Morgan fingerprint density at radius 1 is 1.06 bits per heavy atom. The minimum atomic E-state index is -0.463. The number of non-ortho nitro benzene ring substituents is 1. The first-order valence-electron chi connectivity index (χ1n) is 12.5. The van der Waals surface area contributed by atoms with Crippen LogP contribution in [0.25, 0.3) is 16.3 Å². The van der Waals surface area contributed by atoms with Crippen molar-refractivity contribution in [2.24, 2.45) is 5.41 Å². The van der Waals surface area contributed by atoms with Crippen molar-refractivity contribution in [1.29, 1.82) is 0 Å². The number of fused-ring (bicyclic) bond motifs is 4. The molecule has 1 saturated heterocycles. The van der Waals surface area contributed by atoms with Gasteiger partial charge in [-0.3, -0.25) is 14.9 Å². The van der Waals surface area contributed by atoms with E-state index in [4.69, 9.17) is 4.74 Å². The molecule has 36 heavy (non-hydrogen) atoms. The Kier molecular flexibility index (Phi) is 5.34. The lowest BCUT2D eigenvalue weighted by atomic mass is 9.67. The van der Waals surface area contributed by atoms with E-state index in [2.05, 4.69) is 48.3 Å². The van der Waals surface area contributed by atoms with Gasteiger partial charge < -0.3 is 15.0 Å². The van der Waals surface area contributed by atoms with E-state index in [0.29, 0.717) is 32.7 Å². The van der Waals surface area contributed by atoms with Crippen molar-refractivity contribution in [2.75, 3.05) is 36.5 Å². The largest absolute Gasteiger partial charge is 0.378 e. The lowest BCUT2D eigenvalue weighted by Gasteiger charge is -2.41. The predicted molar refractivity (Wildman–Crippen MR) is 141 cm³/mol. The molecule has 1 atom stereocenters. The lowest BCUT2D eigenvalue weighted by Crippen LogP contribution is -2.38. The standard InChI is InChI=1S/C29H29N3O4/c1-29(2)16-22-26-20-6-4-3-5-18(20)7-9-23(26)30-28(27(22)25(33)17-29)21-15-19(32(34)35)8-10-24(21)31-11-13-36-14-12-31/h3-10,15,28,30H,11-14,16-17H2,1-2H3. The molecule has 1 aliphatic carbocycles. The second kappa shape index (κ2) is 8.45. The third kappa shape index (κ3) is 3.75. The Bertz CT molecular complexity index is 1440. The van der Waals surface area contributed by atoms with Crippen molar-refractivity contribution in [2.45, 2.75) is 32.7 Å². The van der Waals surface area contributed by atoms with Crippen molar-refractivity contribution in [3.63, 3.8) is 0 Å². The average Bonchev–Trinajstić information content (AvgIpc) is 2.87. The van der Waals surface area contributed by atoms with Gasteiger partial charge in [-0.1, -0.05) is 44.2 Å². The van der Waals surface area contributed by atoms with E-state index in [0.717, 1.165) is 50.8 Å². The zero-order chi connectivity index (χ0) is 25.0. The molecule has 0 radical (unpaired) electrons. The van der Waals surface area contributed by atoms with Crippen LogP contribution in [0.1, 0.15) is 43.9 Å². The molecule has 1 unspecified atom stereocenters. The van der Waals surface area contributed by atoms with Gasteiger partial charge in [0.25, 0.3) is 5.69 Å². The summed E-state index contributed by atoms with van der Waals surface area (Å²) in [4.78, 5) is 27.4. The molecule has 7 heteroatoms. The molecule has 3 aromatic carbocycles. The van der Waals surface area contributed by atoms with Gasteiger partial charge >= 0.3 is 0 Å². The van der Waals surface area contributed by atoms with Crippen LogP contribution in [0.2, 0.25) is 0 Å². The zero-order valence-electron chi connectivity index (χ0n) is 20.5. The van der Waals surface area contributed by atoms with Crippen molar-refractivity contribution >= 4 is 39.2 Å². The molecule has 3 aliphatic rings. The predicted octanol–water partition coefficient (Wildman–Crippen LogP) is 5.89. The summed E-state index contributed by atoms with van der Waals surface area (Å²) in [6, 6.07) is 17.0. The molecule has 0 saturated carbocycles. The van der Waals surface area contributed by atoms with Crippen LogP contribution in [0, 0.1) is 15.5 Å². The maximum Gasteiger partial charge on any atom is 0.269 e. The first-order valence-corrected chi connectivity index (χ1v) is 12.5. The summed E-state index contributed by atoms with van der Waals surface area (Å²) in [6.07, 6.45) is 1.22. The second-order valence-electron chi connectivity index (χ2n) is 10.7. The fourth-order valence-corrected chi connectivity index (χ4v) is 6.05. The number of carbonyl (C=O) groups excluding carboxylic acids is 1. The normalized spacial score (nSPS) is 21.1. The topological polar surface area (TPSA) is 84.7 Å². The van der Waals surface area contributed by atoms with Crippen molar-refractivity contribution in [1.82, 2.24) is 0 Å². The molecule has 1 fully saturated rings. The monoisotopic (exact) mass is 483 g/mol. The summed E-state index contributed by atoms with van der Waals surface area (Å²) in [5.74, 6) is 0.108. The van der Waals surface area contributed by atoms with Crippen molar-refractivity contribution in [3.05, 3.63) is 81.4 Å². The van der Waals surface area contributed by atoms with Crippen LogP contribution in [-0.2, 0) is 9.53 Å². The Balaban J connectivity index is 1.60. The number of ketones is 1. The molecule has 6 rings (SSSR count). The molecule has 0 spiro atoms. The minimum absolute atomic E-state index is 0.0267. The number of nitro benzene ring substituents is 1. The van der Waals surface area contributed by atoms with Gasteiger partial charge in [-0.05, 0) is 40.3 Å². The van der Waals surface area contributed by atoms with E-state index in [9.17, 15) is 14.9 Å². The number of hydrogen-bond donors (Lipinski definition) is 1. The zero-order valence-corrected chi connectivity index (χ0v) is 20.5. The van der Waals surface area contributed by atoms with E-state index in [1.54, 1.807) is 12.1 Å². The number of rotatable bonds is 3. The number of benzene rings is 3. The SMILES string of the molecule is CC1(C)CC(=O)C2=C(C1)c1c(ccc3ccccc13)NC2c1cc([N+](=O)[O-])ccc1N1CCOCC1. The molecule has 1 N–H and O–H groups in total. The van der Waals surface area contributed by atoms with Gasteiger partial charge in [-0.15, -0.1) is 0 Å². The second-order valence-corrected chi connectivity index (χ2v) is 10.7. The van der Waals surface area contributed by atoms with Gasteiger partial charge in [0, 0.05) is 59.7 Å². The highest BCUT2D eigenvalue weighted by atomic mass is 16.6. The Hall–Kier alpha value is -3.71. The van der Waals surface area contributed by atoms with Gasteiger partial charge in [0.05, 0.1) is 24.2 Å². The van der Waals surface area contributed by atoms with Gasteiger partial charge in [-0.25, -0.2) is 0 Å². The maximum absolute atomic E-state index is 13.8. The van der Waals surface area contributed by atoms with Gasteiger partial charge in [0.2, 0.25) is 0 Å². The quantitative estimate of drug-likeness (QED) is 0.369. The number of morpholine rings is 1. The van der Waals surface area contributed by atoms with Crippen LogP contribution in [0.3, 0.4) is 0 Å². The molecular formula is C29H29N3O4. The molecule has 0 bridgehead atoms. The van der Waals surface area contributed by atoms with Crippen LogP contribution in [0.5, 0.6) is 0 Å². The van der Waals surface area contributed by atoms with Gasteiger partial charge in [0.15, 0.2) is 5.78 Å². The Morgan fingerprint density at radius 2 is 1.83 bits per heavy atom. The highest BCUT2D eigenvalue weighted by Gasteiger charge is 2.42. The number of allylic oxidation sites excluding steroid dienone is 1. The summed E-state index contributed by atoms with van der Waals surface area (Å²) in [5.41, 5.74) is 5.39. The average molecular weight is 484 g/mol. The maximum atomic E-state index is 13.8. The molecule has 2 heterocycles. The van der Waals surface area contributed by atoms with E-state index in [1.165, 1.54) is 0 Å². The summed E-state index contributed by atoms with van der Waals surface area (Å²) in [5, 5.41) is 17.7. The minimum Gasteiger partial charge on any atom is -0.378 e. The molecule has 2 aliphatic heterocycles. The Labute approximate surface area is 209 Å². The summed E-state index contributed by atoms with van der Waals surface area (Å²) < 4.78 is 5.55. The van der Waals surface area contributed by atoms with Crippen molar-refractivity contribution < 1.29 is 14.5 Å². The molecule has 3 aromatic rings. The number of nitro groups is 1. The number of anilines is 2. The number of hydrogen-bond acceptors (Lipinski definition) is 6. The van der Waals surface area contributed by atoms with E-state index >= 15 is 0 Å². The smallest absolute Gasteiger partial charge is 0.269 e. The number of Topliss-reactive ketones (excluding diaryl/α,β-unsaturated/α-hetero) is 1. The summed E-state index contributed by atoms with van der Waals surface area (Å²) >= 11 is 0. The van der Waals surface area contributed by atoms with E-state index < -0.39 is 6.04 Å². The number of nitrogens with zero attached hydrogens (tertiary/aromatic N) is 2. The third-order valence-electron chi connectivity index (χ3n) is 7.62. The number of ether oxygens (including phenoxy) is 1. The summed E-state index contributed by atoms with van der Waals surface area (Å²) in [7, 11) is 0. The first kappa shape index (κ1) is 22.7. The highest BCUT2D eigenvalue weighted by Crippen LogP contribution is 2.53. The Morgan fingerprint density at radius 3 is 2.61 bits per heavy atom. The summed E-state index contributed by atoms with van der Waals surface area (Å²) in [6.45, 7) is 6.89. The van der Waals surface area contributed by atoms with Gasteiger partial charge in [-0.2, -0.15) is 0 Å². The third-order valence-corrected chi connectivity index (χ3v) is 7.62. The molecular weight excluding hydrogens is 454 g/mol. The van der Waals surface area contributed by atoms with Crippen LogP contribution in [-0.4, -0.2) is 37.0 Å². The first-order chi connectivity index (χ1) is 17.3. The number of nitrogens with one attached hydrogen (secondary N) is 1. The fourth-order valence-electron chi connectivity index (χ4n) is 6.05. The molecule has 184 valence electrons. The van der Waals surface area contributed by atoms with Gasteiger partial charge in [0.1, 0.15) is 0 Å². The fraction of sp³-hybridized carbons (Fsp3) is 0.345. The molecule has 0 aromatic heterocycles. The van der Waals surface area contributed by atoms with Crippen LogP contribution in [0.4, 0.5) is 17.1 Å². The van der Waals surface area contributed by atoms with Crippen LogP contribution >= 0.6 is 0 Å². The van der Waals surface area contributed by atoms with Crippen LogP contribution < -0.4 is 10.2 Å². The van der Waals surface area contributed by atoms with E-state index in [1.807, 2.05) is 18.2 Å².